The van der Waals surface area contributed by atoms with E-state index in [2.05, 4.69) is 11.8 Å². The number of rotatable bonds is 3. The van der Waals surface area contributed by atoms with E-state index in [-0.39, 0.29) is 11.9 Å². The number of nitrogens with zero attached hydrogens (tertiary/aromatic N) is 2. The highest BCUT2D eigenvalue weighted by molar-refractivity contribution is 5.79. The fourth-order valence-electron chi connectivity index (χ4n) is 2.75. The van der Waals surface area contributed by atoms with Crippen LogP contribution >= 0.6 is 0 Å². The van der Waals surface area contributed by atoms with Gasteiger partial charge in [0.1, 0.15) is 0 Å². The van der Waals surface area contributed by atoms with Crippen molar-refractivity contribution in [2.75, 3.05) is 26.2 Å². The van der Waals surface area contributed by atoms with Crippen LogP contribution in [0.25, 0.3) is 0 Å². The van der Waals surface area contributed by atoms with Crippen molar-refractivity contribution in [1.82, 2.24) is 9.80 Å². The molecule has 2 aliphatic rings. The minimum absolute atomic E-state index is 0.0639. The third-order valence-corrected chi connectivity index (χ3v) is 3.58. The Kier molecular flexibility index (Phi) is 3.26. The minimum Gasteiger partial charge on any atom is -0.340 e. The second kappa shape index (κ2) is 4.49. The number of carbonyl (C=O) groups is 1. The molecule has 2 rings (SSSR count). The maximum absolute atomic E-state index is 11.6. The van der Waals surface area contributed by atoms with Gasteiger partial charge in [0.2, 0.25) is 5.91 Å². The summed E-state index contributed by atoms with van der Waals surface area (Å²) in [6, 6.07) is 0.637. The van der Waals surface area contributed by atoms with E-state index in [1.807, 2.05) is 4.90 Å². The first-order chi connectivity index (χ1) is 7.20. The molecule has 0 saturated carbocycles. The Morgan fingerprint density at radius 1 is 1.53 bits per heavy atom. The van der Waals surface area contributed by atoms with Crippen LogP contribution in [0.1, 0.15) is 26.2 Å². The van der Waals surface area contributed by atoms with E-state index in [0.29, 0.717) is 12.5 Å². The molecule has 0 spiro atoms. The lowest BCUT2D eigenvalue weighted by Gasteiger charge is -2.27. The van der Waals surface area contributed by atoms with E-state index in [1.165, 1.54) is 19.4 Å². The summed E-state index contributed by atoms with van der Waals surface area (Å²) in [5, 5.41) is 0. The third-order valence-electron chi connectivity index (χ3n) is 3.58. The van der Waals surface area contributed by atoms with Crippen molar-refractivity contribution in [1.29, 1.82) is 0 Å². The molecule has 1 amide bonds. The van der Waals surface area contributed by atoms with Crippen LogP contribution in [0.2, 0.25) is 0 Å². The molecule has 0 aromatic rings. The molecule has 2 N–H and O–H groups in total. The SMILES string of the molecule is CCN1CCCC1CN1CC(N)CC1=O. The van der Waals surface area contributed by atoms with Crippen molar-refractivity contribution in [2.45, 2.75) is 38.3 Å². The molecule has 0 aromatic heterocycles. The summed E-state index contributed by atoms with van der Waals surface area (Å²) < 4.78 is 0. The summed E-state index contributed by atoms with van der Waals surface area (Å²) in [5.74, 6) is 0.241. The molecular weight excluding hydrogens is 190 g/mol. The largest absolute Gasteiger partial charge is 0.340 e. The fraction of sp³-hybridized carbons (Fsp3) is 0.909. The van der Waals surface area contributed by atoms with E-state index < -0.39 is 0 Å². The van der Waals surface area contributed by atoms with Crippen LogP contribution in [0.15, 0.2) is 0 Å². The monoisotopic (exact) mass is 211 g/mol. The third kappa shape index (κ3) is 2.32. The lowest BCUT2D eigenvalue weighted by Crippen LogP contribution is -2.41. The molecule has 2 fully saturated rings. The Morgan fingerprint density at radius 3 is 2.93 bits per heavy atom. The summed E-state index contributed by atoms with van der Waals surface area (Å²) in [6.07, 6.45) is 3.04. The molecule has 2 atom stereocenters. The Bertz CT molecular complexity index is 244. The number of amides is 1. The van der Waals surface area contributed by atoms with Gasteiger partial charge in [0, 0.05) is 31.6 Å². The Morgan fingerprint density at radius 2 is 2.33 bits per heavy atom. The van der Waals surface area contributed by atoms with Gasteiger partial charge in [0.15, 0.2) is 0 Å². The quantitative estimate of drug-likeness (QED) is 0.716. The predicted octanol–water partition coefficient (Wildman–Crippen LogP) is 0.0303. The van der Waals surface area contributed by atoms with Crippen LogP contribution in [-0.4, -0.2) is 54.0 Å². The molecule has 4 nitrogen and oxygen atoms in total. The molecule has 15 heavy (non-hydrogen) atoms. The van der Waals surface area contributed by atoms with E-state index in [0.717, 1.165) is 19.6 Å². The number of likely N-dealkylation sites (tertiary alicyclic amines) is 2. The first-order valence-electron chi connectivity index (χ1n) is 5.98. The zero-order valence-corrected chi connectivity index (χ0v) is 9.48. The van der Waals surface area contributed by atoms with Gasteiger partial charge in [-0.05, 0) is 25.9 Å². The minimum atomic E-state index is 0.0639. The fourth-order valence-corrected chi connectivity index (χ4v) is 2.75. The first kappa shape index (κ1) is 10.9. The van der Waals surface area contributed by atoms with Crippen LogP contribution in [-0.2, 0) is 4.79 Å². The second-order valence-corrected chi connectivity index (χ2v) is 4.69. The Labute approximate surface area is 91.4 Å². The molecule has 86 valence electrons. The highest BCUT2D eigenvalue weighted by Gasteiger charge is 2.31. The molecule has 2 saturated heterocycles. The van der Waals surface area contributed by atoms with Gasteiger partial charge in [-0.15, -0.1) is 0 Å². The molecule has 2 heterocycles. The Hall–Kier alpha value is -0.610. The Balaban J connectivity index is 1.88. The lowest BCUT2D eigenvalue weighted by molar-refractivity contribution is -0.128. The van der Waals surface area contributed by atoms with E-state index in [9.17, 15) is 4.79 Å². The zero-order chi connectivity index (χ0) is 10.8. The van der Waals surface area contributed by atoms with Crippen LogP contribution < -0.4 is 5.73 Å². The molecule has 0 aromatic carbocycles. The number of likely N-dealkylation sites (N-methyl/N-ethyl adjacent to an activating group) is 1. The molecule has 0 aliphatic carbocycles. The summed E-state index contributed by atoms with van der Waals surface area (Å²) in [6.45, 7) is 6.12. The van der Waals surface area contributed by atoms with E-state index in [4.69, 9.17) is 5.73 Å². The van der Waals surface area contributed by atoms with Crippen molar-refractivity contribution in [2.24, 2.45) is 5.73 Å². The van der Waals surface area contributed by atoms with Gasteiger partial charge in [0.25, 0.3) is 0 Å². The molecule has 0 radical (unpaired) electrons. The van der Waals surface area contributed by atoms with Gasteiger partial charge in [0.05, 0.1) is 0 Å². The maximum atomic E-state index is 11.6. The van der Waals surface area contributed by atoms with Crippen LogP contribution in [0, 0.1) is 0 Å². The van der Waals surface area contributed by atoms with Crippen LogP contribution in [0.5, 0.6) is 0 Å². The predicted molar refractivity (Wildman–Crippen MR) is 59.4 cm³/mol. The van der Waals surface area contributed by atoms with E-state index in [1.54, 1.807) is 0 Å². The van der Waals surface area contributed by atoms with Gasteiger partial charge in [-0.3, -0.25) is 9.69 Å². The average Bonchev–Trinajstić information content (AvgIpc) is 2.74. The summed E-state index contributed by atoms with van der Waals surface area (Å²) >= 11 is 0. The highest BCUT2D eigenvalue weighted by Crippen LogP contribution is 2.19. The number of hydrogen-bond acceptors (Lipinski definition) is 3. The zero-order valence-electron chi connectivity index (χ0n) is 9.48. The topological polar surface area (TPSA) is 49.6 Å². The summed E-state index contributed by atoms with van der Waals surface area (Å²) in [7, 11) is 0. The summed E-state index contributed by atoms with van der Waals surface area (Å²) in [5.41, 5.74) is 5.78. The van der Waals surface area contributed by atoms with Crippen molar-refractivity contribution >= 4 is 5.91 Å². The van der Waals surface area contributed by atoms with Crippen LogP contribution in [0.3, 0.4) is 0 Å². The smallest absolute Gasteiger partial charge is 0.224 e. The van der Waals surface area contributed by atoms with Crippen molar-refractivity contribution in [3.8, 4) is 0 Å². The molecule has 4 heteroatoms. The first-order valence-corrected chi connectivity index (χ1v) is 5.98. The molecule has 0 bridgehead atoms. The highest BCUT2D eigenvalue weighted by atomic mass is 16.2. The molecule has 2 aliphatic heterocycles. The summed E-state index contributed by atoms with van der Waals surface area (Å²) in [4.78, 5) is 16.0. The lowest BCUT2D eigenvalue weighted by atomic mass is 10.2. The number of hydrogen-bond donors (Lipinski definition) is 1. The van der Waals surface area contributed by atoms with Crippen molar-refractivity contribution in [3.63, 3.8) is 0 Å². The van der Waals surface area contributed by atoms with E-state index >= 15 is 0 Å². The van der Waals surface area contributed by atoms with Gasteiger partial charge in [-0.25, -0.2) is 0 Å². The average molecular weight is 211 g/mol. The number of nitrogens with two attached hydrogens (primary N) is 1. The van der Waals surface area contributed by atoms with Crippen LogP contribution in [0.4, 0.5) is 0 Å². The molecular formula is C11H21N3O. The number of carbonyl (C=O) groups excluding carboxylic acids is 1. The van der Waals surface area contributed by atoms with Gasteiger partial charge < -0.3 is 10.6 Å². The normalized spacial score (nSPS) is 32.9. The molecule has 2 unspecified atom stereocenters. The van der Waals surface area contributed by atoms with Gasteiger partial charge in [-0.1, -0.05) is 6.92 Å². The van der Waals surface area contributed by atoms with Crippen molar-refractivity contribution in [3.05, 3.63) is 0 Å². The second-order valence-electron chi connectivity index (χ2n) is 4.69. The van der Waals surface area contributed by atoms with Crippen molar-refractivity contribution < 1.29 is 4.79 Å². The standard InChI is InChI=1S/C11H21N3O/c1-2-13-5-3-4-10(13)8-14-7-9(12)6-11(14)15/h9-10H,2-8,12H2,1H3. The van der Waals surface area contributed by atoms with Gasteiger partial charge >= 0.3 is 0 Å². The maximum Gasteiger partial charge on any atom is 0.224 e. The van der Waals surface area contributed by atoms with Gasteiger partial charge in [-0.2, -0.15) is 0 Å².